The second-order valence-corrected chi connectivity index (χ2v) is 6.39. The lowest BCUT2D eigenvalue weighted by atomic mass is 9.88. The van der Waals surface area contributed by atoms with Gasteiger partial charge in [-0.2, -0.15) is 0 Å². The van der Waals surface area contributed by atoms with Crippen molar-refractivity contribution >= 4 is 5.69 Å². The van der Waals surface area contributed by atoms with Crippen LogP contribution >= 0.6 is 0 Å². The number of rotatable bonds is 2. The summed E-state index contributed by atoms with van der Waals surface area (Å²) in [5.41, 5.74) is 3.98. The first-order valence-electron chi connectivity index (χ1n) is 7.72. The van der Waals surface area contributed by atoms with E-state index in [0.717, 1.165) is 13.1 Å². The highest BCUT2D eigenvalue weighted by Gasteiger charge is 2.35. The minimum atomic E-state index is -0.00133. The molecule has 3 rings (SSSR count). The molecule has 2 aromatic rings. The second-order valence-electron chi connectivity index (χ2n) is 6.39. The van der Waals surface area contributed by atoms with Gasteiger partial charge in [0.15, 0.2) is 0 Å². The minimum Gasteiger partial charge on any atom is -0.365 e. The highest BCUT2D eigenvalue weighted by Crippen LogP contribution is 2.30. The lowest BCUT2D eigenvalue weighted by molar-refractivity contribution is 0.299. The van der Waals surface area contributed by atoms with Crippen LogP contribution < -0.4 is 10.2 Å². The number of piperazine rings is 1. The van der Waals surface area contributed by atoms with Gasteiger partial charge in [0, 0.05) is 24.8 Å². The van der Waals surface area contributed by atoms with Crippen molar-refractivity contribution < 1.29 is 0 Å². The molecule has 1 heterocycles. The topological polar surface area (TPSA) is 15.3 Å². The molecule has 110 valence electrons. The van der Waals surface area contributed by atoms with E-state index in [-0.39, 0.29) is 5.54 Å². The first-order chi connectivity index (χ1) is 10.1. The van der Waals surface area contributed by atoms with Crippen LogP contribution in [0.5, 0.6) is 0 Å². The summed E-state index contributed by atoms with van der Waals surface area (Å²) in [5, 5.41) is 3.73. The van der Waals surface area contributed by atoms with Crippen molar-refractivity contribution in [1.29, 1.82) is 0 Å². The van der Waals surface area contributed by atoms with Crippen LogP contribution in [0.1, 0.15) is 25.0 Å². The van der Waals surface area contributed by atoms with Gasteiger partial charge < -0.3 is 10.2 Å². The molecule has 1 N–H and O–H groups in total. The van der Waals surface area contributed by atoms with Crippen LogP contribution in [0.2, 0.25) is 0 Å². The van der Waals surface area contributed by atoms with Crippen LogP contribution in [0.15, 0.2) is 54.6 Å². The average molecular weight is 280 g/mol. The van der Waals surface area contributed by atoms with Gasteiger partial charge in [-0.3, -0.25) is 0 Å². The zero-order valence-corrected chi connectivity index (χ0v) is 13.1. The largest absolute Gasteiger partial charge is 0.365 e. The fraction of sp³-hybridized carbons (Fsp3) is 0.368. The van der Waals surface area contributed by atoms with E-state index in [1.807, 2.05) is 0 Å². The monoisotopic (exact) mass is 280 g/mol. The Kier molecular flexibility index (Phi) is 3.73. The smallest absolute Gasteiger partial charge is 0.0584 e. The Hall–Kier alpha value is -1.80. The minimum absolute atomic E-state index is 0.00133. The Labute approximate surface area is 127 Å². The predicted molar refractivity (Wildman–Crippen MR) is 89.8 cm³/mol. The number of hydrogen-bond acceptors (Lipinski definition) is 2. The molecule has 0 bridgehead atoms. The Morgan fingerprint density at radius 3 is 2.38 bits per heavy atom. The van der Waals surface area contributed by atoms with E-state index in [9.17, 15) is 0 Å². The Bertz CT molecular complexity index is 591. The molecule has 1 aliphatic heterocycles. The van der Waals surface area contributed by atoms with Crippen molar-refractivity contribution in [1.82, 2.24) is 5.32 Å². The quantitative estimate of drug-likeness (QED) is 0.902. The van der Waals surface area contributed by atoms with Crippen LogP contribution in [0.4, 0.5) is 5.69 Å². The van der Waals surface area contributed by atoms with E-state index in [1.165, 1.54) is 16.8 Å². The van der Waals surface area contributed by atoms with Gasteiger partial charge in [-0.05, 0) is 38.5 Å². The van der Waals surface area contributed by atoms with Crippen molar-refractivity contribution in [2.45, 2.75) is 32.4 Å². The van der Waals surface area contributed by atoms with Gasteiger partial charge in [-0.1, -0.05) is 48.0 Å². The van der Waals surface area contributed by atoms with Gasteiger partial charge in [0.1, 0.15) is 0 Å². The molecule has 2 nitrogen and oxygen atoms in total. The van der Waals surface area contributed by atoms with Gasteiger partial charge in [0.05, 0.1) is 5.54 Å². The maximum absolute atomic E-state index is 3.73. The van der Waals surface area contributed by atoms with E-state index in [2.05, 4.69) is 85.6 Å². The molecule has 0 spiro atoms. The van der Waals surface area contributed by atoms with Crippen LogP contribution in [-0.4, -0.2) is 19.1 Å². The zero-order chi connectivity index (χ0) is 14.9. The summed E-state index contributed by atoms with van der Waals surface area (Å²) in [7, 11) is 0. The molecular formula is C19H24N2. The molecule has 2 heteroatoms. The van der Waals surface area contributed by atoms with E-state index in [0.29, 0.717) is 6.04 Å². The molecule has 2 atom stereocenters. The molecule has 21 heavy (non-hydrogen) atoms. The standard InChI is InChI=1S/C19H24N2/c1-15-9-11-18(12-10-15)21-14-19(3,20-13-16(21)2)17-7-5-4-6-8-17/h4-12,16,20H,13-14H2,1-3H3. The summed E-state index contributed by atoms with van der Waals surface area (Å²) in [6.07, 6.45) is 0. The van der Waals surface area contributed by atoms with Gasteiger partial charge in [-0.15, -0.1) is 0 Å². The third kappa shape index (κ3) is 2.81. The van der Waals surface area contributed by atoms with Crippen molar-refractivity contribution in [3.63, 3.8) is 0 Å². The summed E-state index contributed by atoms with van der Waals surface area (Å²) >= 11 is 0. The number of anilines is 1. The van der Waals surface area contributed by atoms with Crippen molar-refractivity contribution in [2.75, 3.05) is 18.0 Å². The fourth-order valence-electron chi connectivity index (χ4n) is 3.12. The number of hydrogen-bond donors (Lipinski definition) is 1. The molecule has 1 saturated heterocycles. The lowest BCUT2D eigenvalue weighted by Gasteiger charge is -2.46. The Morgan fingerprint density at radius 2 is 1.71 bits per heavy atom. The number of nitrogens with one attached hydrogen (secondary N) is 1. The maximum atomic E-state index is 3.73. The fourth-order valence-corrected chi connectivity index (χ4v) is 3.12. The van der Waals surface area contributed by atoms with Crippen LogP contribution in [0.25, 0.3) is 0 Å². The first-order valence-corrected chi connectivity index (χ1v) is 7.72. The Balaban J connectivity index is 1.89. The third-order valence-corrected chi connectivity index (χ3v) is 4.58. The second kappa shape index (κ2) is 5.53. The molecule has 2 aromatic carbocycles. The molecular weight excluding hydrogens is 256 g/mol. The molecule has 0 aliphatic carbocycles. The highest BCUT2D eigenvalue weighted by molar-refractivity contribution is 5.50. The molecule has 0 aromatic heterocycles. The van der Waals surface area contributed by atoms with Crippen LogP contribution in [0, 0.1) is 6.92 Å². The molecule has 1 fully saturated rings. The van der Waals surface area contributed by atoms with Crippen molar-refractivity contribution in [3.05, 3.63) is 65.7 Å². The van der Waals surface area contributed by atoms with Gasteiger partial charge in [-0.25, -0.2) is 0 Å². The molecule has 2 unspecified atom stereocenters. The highest BCUT2D eigenvalue weighted by atomic mass is 15.3. The summed E-state index contributed by atoms with van der Waals surface area (Å²) in [6.45, 7) is 8.71. The average Bonchev–Trinajstić information content (AvgIpc) is 2.52. The van der Waals surface area contributed by atoms with E-state index in [1.54, 1.807) is 0 Å². The van der Waals surface area contributed by atoms with Crippen LogP contribution in [-0.2, 0) is 5.54 Å². The van der Waals surface area contributed by atoms with E-state index >= 15 is 0 Å². The van der Waals surface area contributed by atoms with Crippen molar-refractivity contribution in [2.24, 2.45) is 0 Å². The maximum Gasteiger partial charge on any atom is 0.0584 e. The zero-order valence-electron chi connectivity index (χ0n) is 13.1. The van der Waals surface area contributed by atoms with Gasteiger partial charge in [0.2, 0.25) is 0 Å². The van der Waals surface area contributed by atoms with E-state index in [4.69, 9.17) is 0 Å². The summed E-state index contributed by atoms with van der Waals surface area (Å²) in [4.78, 5) is 2.52. The van der Waals surface area contributed by atoms with Crippen LogP contribution in [0.3, 0.4) is 0 Å². The first kappa shape index (κ1) is 14.2. The molecule has 0 saturated carbocycles. The Morgan fingerprint density at radius 1 is 1.05 bits per heavy atom. The normalized spacial score (nSPS) is 25.9. The molecule has 0 amide bonds. The van der Waals surface area contributed by atoms with E-state index < -0.39 is 0 Å². The number of benzene rings is 2. The van der Waals surface area contributed by atoms with Crippen molar-refractivity contribution in [3.8, 4) is 0 Å². The molecule has 1 aliphatic rings. The predicted octanol–water partition coefficient (Wildman–Crippen LogP) is 3.71. The number of aryl methyl sites for hydroxylation is 1. The summed E-state index contributed by atoms with van der Waals surface area (Å²) in [6, 6.07) is 20.1. The van der Waals surface area contributed by atoms with Gasteiger partial charge in [0.25, 0.3) is 0 Å². The SMILES string of the molecule is Cc1ccc(N2CC(C)(c3ccccc3)NCC2C)cc1. The van der Waals surface area contributed by atoms with Gasteiger partial charge >= 0.3 is 0 Å². The number of nitrogens with zero attached hydrogens (tertiary/aromatic N) is 1. The summed E-state index contributed by atoms with van der Waals surface area (Å²) < 4.78 is 0. The summed E-state index contributed by atoms with van der Waals surface area (Å²) in [5.74, 6) is 0. The molecule has 0 radical (unpaired) electrons. The third-order valence-electron chi connectivity index (χ3n) is 4.58. The lowest BCUT2D eigenvalue weighted by Crippen LogP contribution is -2.60.